The minimum Gasteiger partial charge on any atom is -0.439 e. The van der Waals surface area contributed by atoms with E-state index in [1.165, 1.54) is 4.52 Å². The summed E-state index contributed by atoms with van der Waals surface area (Å²) in [7, 11) is 0. The van der Waals surface area contributed by atoms with E-state index >= 15 is 0 Å². The number of halogens is 4. The lowest BCUT2D eigenvalue weighted by Crippen LogP contribution is -2.08. The fourth-order valence-electron chi connectivity index (χ4n) is 2.61. The number of nitrogen functional groups attached to an aromatic ring is 1. The van der Waals surface area contributed by atoms with Crippen molar-refractivity contribution in [3.8, 4) is 11.3 Å². The number of hydrogen-bond acceptors (Lipinski definition) is 6. The van der Waals surface area contributed by atoms with Gasteiger partial charge in [-0.2, -0.15) is 17.7 Å². The van der Waals surface area contributed by atoms with Crippen LogP contribution in [-0.4, -0.2) is 24.6 Å². The Kier molecular flexibility index (Phi) is 4.10. The maximum absolute atomic E-state index is 12.9. The molecule has 138 valence electrons. The van der Waals surface area contributed by atoms with Gasteiger partial charge in [0.05, 0.1) is 22.3 Å². The van der Waals surface area contributed by atoms with E-state index in [1.807, 2.05) is 30.3 Å². The number of oxazole rings is 1. The molecule has 0 amide bonds. The van der Waals surface area contributed by atoms with Gasteiger partial charge in [-0.25, -0.2) is 15.0 Å². The van der Waals surface area contributed by atoms with E-state index in [1.54, 1.807) is 0 Å². The molecule has 1 aromatic carbocycles. The summed E-state index contributed by atoms with van der Waals surface area (Å²) in [4.78, 5) is 12.2. The molecule has 0 fully saturated rings. The Morgan fingerprint density at radius 3 is 2.59 bits per heavy atom. The second-order valence-corrected chi connectivity index (χ2v) is 6.36. The summed E-state index contributed by atoms with van der Waals surface area (Å²) < 4.78 is 45.1. The van der Waals surface area contributed by atoms with E-state index in [-0.39, 0.29) is 23.9 Å². The first-order chi connectivity index (χ1) is 12.8. The van der Waals surface area contributed by atoms with Gasteiger partial charge in [0.1, 0.15) is 0 Å². The summed E-state index contributed by atoms with van der Waals surface area (Å²) in [5.74, 6) is -1.01. The normalized spacial score (nSPS) is 12.0. The molecule has 7 nitrogen and oxygen atoms in total. The number of benzene rings is 1. The minimum absolute atomic E-state index is 0.0574. The molecule has 0 radical (unpaired) electrons. The number of fused-ring (bicyclic) bond motifs is 1. The Labute approximate surface area is 158 Å². The van der Waals surface area contributed by atoms with Crippen LogP contribution in [0.4, 0.5) is 19.1 Å². The second kappa shape index (κ2) is 6.34. The fraction of sp³-hybridized carbons (Fsp3) is 0.125. The Morgan fingerprint density at radius 1 is 1.15 bits per heavy atom. The van der Waals surface area contributed by atoms with Crippen LogP contribution in [-0.2, 0) is 12.6 Å². The summed E-state index contributed by atoms with van der Waals surface area (Å²) in [6.45, 7) is 0. The maximum Gasteiger partial charge on any atom is 0.451 e. The molecular formula is C16H10BrF3N6O. The summed E-state index contributed by atoms with van der Waals surface area (Å²) in [6, 6.07) is 9.27. The molecule has 11 heteroatoms. The smallest absolute Gasteiger partial charge is 0.439 e. The second-order valence-electron chi connectivity index (χ2n) is 5.56. The van der Waals surface area contributed by atoms with Crippen LogP contribution in [0, 0.1) is 0 Å². The van der Waals surface area contributed by atoms with Gasteiger partial charge in [0, 0.05) is 5.56 Å². The van der Waals surface area contributed by atoms with Gasteiger partial charge in [-0.1, -0.05) is 30.3 Å². The zero-order valence-electron chi connectivity index (χ0n) is 13.4. The number of aromatic nitrogens is 5. The largest absolute Gasteiger partial charge is 0.451 e. The van der Waals surface area contributed by atoms with E-state index in [0.29, 0.717) is 15.8 Å². The van der Waals surface area contributed by atoms with Crippen molar-refractivity contribution in [1.82, 2.24) is 24.6 Å². The highest BCUT2D eigenvalue weighted by Crippen LogP contribution is 2.33. The molecule has 2 N–H and O–H groups in total. The van der Waals surface area contributed by atoms with E-state index in [9.17, 15) is 13.2 Å². The summed E-state index contributed by atoms with van der Waals surface area (Å²) in [6.07, 6.45) is -4.17. The van der Waals surface area contributed by atoms with Crippen molar-refractivity contribution in [3.63, 3.8) is 0 Å². The third-order valence-corrected chi connectivity index (χ3v) is 4.50. The predicted molar refractivity (Wildman–Crippen MR) is 92.6 cm³/mol. The summed E-state index contributed by atoms with van der Waals surface area (Å²) >= 11 is 3.43. The zero-order valence-corrected chi connectivity index (χ0v) is 15.0. The van der Waals surface area contributed by atoms with Gasteiger partial charge in [0.25, 0.3) is 0 Å². The van der Waals surface area contributed by atoms with Crippen LogP contribution in [0.2, 0.25) is 0 Å². The number of hydrogen-bond donors (Lipinski definition) is 1. The highest BCUT2D eigenvalue weighted by atomic mass is 79.9. The highest BCUT2D eigenvalue weighted by Gasteiger charge is 2.38. The van der Waals surface area contributed by atoms with Crippen LogP contribution in [0.1, 0.15) is 17.3 Å². The molecule has 3 heterocycles. The van der Waals surface area contributed by atoms with Crippen LogP contribution in [0.3, 0.4) is 0 Å². The third-order valence-electron chi connectivity index (χ3n) is 3.77. The number of nitrogens with zero attached hydrogens (tertiary/aromatic N) is 5. The average Bonchev–Trinajstić information content (AvgIpc) is 3.26. The first-order valence-electron chi connectivity index (χ1n) is 7.60. The lowest BCUT2D eigenvalue weighted by atomic mass is 10.1. The maximum atomic E-state index is 12.9. The molecule has 4 aromatic rings. The molecule has 0 atom stereocenters. The third kappa shape index (κ3) is 3.14. The summed E-state index contributed by atoms with van der Waals surface area (Å²) in [5, 5.41) is 4.14. The van der Waals surface area contributed by atoms with Gasteiger partial charge in [0.15, 0.2) is 17.9 Å². The molecule has 0 saturated carbocycles. The lowest BCUT2D eigenvalue weighted by molar-refractivity contribution is -0.153. The molecule has 3 aromatic heterocycles. The van der Waals surface area contributed by atoms with Crippen molar-refractivity contribution in [2.24, 2.45) is 0 Å². The molecule has 0 aliphatic heterocycles. The Balaban J connectivity index is 1.79. The zero-order chi connectivity index (χ0) is 19.2. The van der Waals surface area contributed by atoms with E-state index in [2.05, 4.69) is 40.4 Å². The molecule has 0 aliphatic rings. The van der Waals surface area contributed by atoms with Gasteiger partial charge in [-0.3, -0.25) is 0 Å². The van der Waals surface area contributed by atoms with Crippen LogP contribution in [0.5, 0.6) is 0 Å². The van der Waals surface area contributed by atoms with Crippen molar-refractivity contribution >= 4 is 27.5 Å². The molecule has 0 spiro atoms. The average molecular weight is 439 g/mol. The van der Waals surface area contributed by atoms with Crippen LogP contribution in [0.25, 0.3) is 16.9 Å². The van der Waals surface area contributed by atoms with Crippen LogP contribution in [0.15, 0.2) is 45.6 Å². The number of nitrogens with two attached hydrogens (primary N) is 1. The van der Waals surface area contributed by atoms with Crippen LogP contribution < -0.4 is 5.73 Å². The van der Waals surface area contributed by atoms with Crippen LogP contribution >= 0.6 is 15.9 Å². The van der Waals surface area contributed by atoms with Gasteiger partial charge in [-0.15, -0.1) is 5.10 Å². The molecule has 0 unspecified atom stereocenters. The first kappa shape index (κ1) is 17.5. The molecular weight excluding hydrogens is 429 g/mol. The molecule has 27 heavy (non-hydrogen) atoms. The van der Waals surface area contributed by atoms with E-state index in [4.69, 9.17) is 5.73 Å². The Bertz CT molecular complexity index is 1120. The lowest BCUT2D eigenvalue weighted by Gasteiger charge is -2.06. The molecule has 0 bridgehead atoms. The minimum atomic E-state index is -4.65. The Morgan fingerprint density at radius 2 is 1.89 bits per heavy atom. The molecule has 4 rings (SSSR count). The predicted octanol–water partition coefficient (Wildman–Crippen LogP) is 3.73. The molecule has 0 aliphatic carbocycles. The van der Waals surface area contributed by atoms with E-state index < -0.39 is 11.9 Å². The Hall–Kier alpha value is -2.95. The van der Waals surface area contributed by atoms with Gasteiger partial charge in [0.2, 0.25) is 11.7 Å². The quantitative estimate of drug-likeness (QED) is 0.523. The summed E-state index contributed by atoms with van der Waals surface area (Å²) in [5.41, 5.74) is 7.36. The SMILES string of the molecule is Nc1nc(-c2ccccc2)c(Br)c2nc(Cc3ncoc3C(F)(F)F)nn12. The van der Waals surface area contributed by atoms with Crippen molar-refractivity contribution in [2.75, 3.05) is 5.73 Å². The first-order valence-corrected chi connectivity index (χ1v) is 8.39. The number of anilines is 1. The standard InChI is InChI=1S/C16H10BrF3N6O/c17-11-12(8-4-2-1-3-5-8)24-15(21)26-14(11)23-10(25-26)6-9-13(16(18,19)20)27-7-22-9/h1-5,7H,6H2,(H2,21,24). The van der Waals surface area contributed by atoms with Crippen molar-refractivity contribution in [2.45, 2.75) is 12.6 Å². The highest BCUT2D eigenvalue weighted by molar-refractivity contribution is 9.10. The van der Waals surface area contributed by atoms with Crippen molar-refractivity contribution in [3.05, 3.63) is 58.5 Å². The monoisotopic (exact) mass is 438 g/mol. The number of alkyl halides is 3. The van der Waals surface area contributed by atoms with Gasteiger partial charge >= 0.3 is 6.18 Å². The topological polar surface area (TPSA) is 95.1 Å². The van der Waals surface area contributed by atoms with E-state index in [0.717, 1.165) is 12.0 Å². The van der Waals surface area contributed by atoms with Crippen molar-refractivity contribution in [1.29, 1.82) is 0 Å². The van der Waals surface area contributed by atoms with Gasteiger partial charge in [-0.05, 0) is 15.9 Å². The molecule has 0 saturated heterocycles. The van der Waals surface area contributed by atoms with Gasteiger partial charge < -0.3 is 10.2 Å². The fourth-order valence-corrected chi connectivity index (χ4v) is 3.19. The number of rotatable bonds is 3. The van der Waals surface area contributed by atoms with Crippen molar-refractivity contribution < 1.29 is 17.6 Å².